The number of rotatable bonds is 6. The van der Waals surface area contributed by atoms with Crippen LogP contribution in [0.15, 0.2) is 42.5 Å². The highest BCUT2D eigenvalue weighted by Crippen LogP contribution is 2.14. The van der Waals surface area contributed by atoms with Gasteiger partial charge in [-0.1, -0.05) is 18.2 Å². The fourth-order valence-electron chi connectivity index (χ4n) is 2.54. The van der Waals surface area contributed by atoms with Gasteiger partial charge >= 0.3 is 11.8 Å². The summed E-state index contributed by atoms with van der Waals surface area (Å²) in [5, 5.41) is 5.30. The highest BCUT2D eigenvalue weighted by Gasteiger charge is 2.13. The summed E-state index contributed by atoms with van der Waals surface area (Å²) in [6, 6.07) is 13.9. The lowest BCUT2D eigenvalue weighted by molar-refractivity contribution is -0.136. The largest absolute Gasteiger partial charge is 0.378 e. The SMILES string of the molecule is Cc1ccc(NC(=O)C(=O)NCCCc2ccc(N(C)C)cc2)cc1C. The van der Waals surface area contributed by atoms with Gasteiger partial charge in [-0.15, -0.1) is 0 Å². The van der Waals surface area contributed by atoms with E-state index < -0.39 is 11.8 Å². The van der Waals surface area contributed by atoms with E-state index in [9.17, 15) is 9.59 Å². The summed E-state index contributed by atoms with van der Waals surface area (Å²) in [6.45, 7) is 4.44. The lowest BCUT2D eigenvalue weighted by atomic mass is 10.1. The van der Waals surface area contributed by atoms with Crippen molar-refractivity contribution in [3.8, 4) is 0 Å². The Kier molecular flexibility index (Phi) is 6.78. The molecule has 0 saturated heterocycles. The van der Waals surface area contributed by atoms with Gasteiger partial charge in [-0.2, -0.15) is 0 Å². The van der Waals surface area contributed by atoms with Crippen LogP contribution in [0.4, 0.5) is 11.4 Å². The normalized spacial score (nSPS) is 10.3. The lowest BCUT2D eigenvalue weighted by Gasteiger charge is -2.12. The molecule has 0 aliphatic carbocycles. The second kappa shape index (κ2) is 9.04. The Balaban J connectivity index is 1.73. The standard InChI is InChI=1S/C21H27N3O2/c1-15-7-10-18(14-16(15)2)23-21(26)20(25)22-13-5-6-17-8-11-19(12-9-17)24(3)4/h7-12,14H,5-6,13H2,1-4H3,(H,22,25)(H,23,26). The van der Waals surface area contributed by atoms with E-state index in [0.717, 1.165) is 29.7 Å². The first-order valence-corrected chi connectivity index (χ1v) is 8.79. The molecule has 2 aromatic carbocycles. The maximum absolute atomic E-state index is 11.9. The monoisotopic (exact) mass is 353 g/mol. The Labute approximate surface area is 155 Å². The molecule has 0 aliphatic rings. The summed E-state index contributed by atoms with van der Waals surface area (Å²) in [5.41, 5.74) is 5.22. The minimum atomic E-state index is -0.636. The third kappa shape index (κ3) is 5.62. The van der Waals surface area contributed by atoms with Crippen LogP contribution >= 0.6 is 0 Å². The van der Waals surface area contributed by atoms with Crippen molar-refractivity contribution >= 4 is 23.2 Å². The van der Waals surface area contributed by atoms with Gasteiger partial charge in [-0.05, 0) is 67.6 Å². The van der Waals surface area contributed by atoms with Crippen LogP contribution in [0.1, 0.15) is 23.1 Å². The molecule has 2 N–H and O–H groups in total. The van der Waals surface area contributed by atoms with Crippen molar-refractivity contribution in [3.63, 3.8) is 0 Å². The summed E-state index contributed by atoms with van der Waals surface area (Å²) in [7, 11) is 4.01. The van der Waals surface area contributed by atoms with Crippen LogP contribution in [-0.4, -0.2) is 32.5 Å². The van der Waals surface area contributed by atoms with Crippen LogP contribution in [-0.2, 0) is 16.0 Å². The Hall–Kier alpha value is -2.82. The molecule has 0 aliphatic heterocycles. The topological polar surface area (TPSA) is 61.4 Å². The van der Waals surface area contributed by atoms with Crippen molar-refractivity contribution in [1.29, 1.82) is 0 Å². The zero-order chi connectivity index (χ0) is 19.1. The predicted molar refractivity (Wildman–Crippen MR) is 107 cm³/mol. The van der Waals surface area contributed by atoms with Crippen LogP contribution < -0.4 is 15.5 Å². The average Bonchev–Trinajstić information content (AvgIpc) is 2.62. The minimum absolute atomic E-state index is 0.467. The molecule has 0 saturated carbocycles. The van der Waals surface area contributed by atoms with Gasteiger partial charge in [-0.25, -0.2) is 0 Å². The zero-order valence-electron chi connectivity index (χ0n) is 15.9. The average molecular weight is 353 g/mol. The van der Waals surface area contributed by atoms with E-state index in [1.807, 2.05) is 40.1 Å². The van der Waals surface area contributed by atoms with Gasteiger partial charge in [0.1, 0.15) is 0 Å². The van der Waals surface area contributed by atoms with Gasteiger partial charge in [0.05, 0.1) is 0 Å². The fraction of sp³-hybridized carbons (Fsp3) is 0.333. The van der Waals surface area contributed by atoms with Crippen LogP contribution in [0.2, 0.25) is 0 Å². The molecule has 26 heavy (non-hydrogen) atoms. The number of hydrogen-bond donors (Lipinski definition) is 2. The van der Waals surface area contributed by atoms with Crippen LogP contribution in [0.3, 0.4) is 0 Å². The number of nitrogens with zero attached hydrogens (tertiary/aromatic N) is 1. The van der Waals surface area contributed by atoms with Crippen molar-refractivity contribution in [2.45, 2.75) is 26.7 Å². The van der Waals surface area contributed by atoms with Crippen LogP contribution in [0.25, 0.3) is 0 Å². The molecular weight excluding hydrogens is 326 g/mol. The van der Waals surface area contributed by atoms with Gasteiger partial charge < -0.3 is 15.5 Å². The van der Waals surface area contributed by atoms with Gasteiger partial charge in [-0.3, -0.25) is 9.59 Å². The third-order valence-electron chi connectivity index (χ3n) is 4.35. The molecule has 5 nitrogen and oxygen atoms in total. The quantitative estimate of drug-likeness (QED) is 0.620. The van der Waals surface area contributed by atoms with E-state index in [4.69, 9.17) is 0 Å². The zero-order valence-corrected chi connectivity index (χ0v) is 15.9. The van der Waals surface area contributed by atoms with E-state index in [1.165, 1.54) is 5.56 Å². The summed E-state index contributed by atoms with van der Waals surface area (Å²) < 4.78 is 0. The first kappa shape index (κ1) is 19.5. The summed E-state index contributed by atoms with van der Waals surface area (Å²) in [5.74, 6) is -1.24. The van der Waals surface area contributed by atoms with E-state index in [-0.39, 0.29) is 0 Å². The van der Waals surface area contributed by atoms with Crippen molar-refractivity contribution in [2.75, 3.05) is 30.9 Å². The van der Waals surface area contributed by atoms with Crippen molar-refractivity contribution in [1.82, 2.24) is 5.32 Å². The molecule has 0 atom stereocenters. The number of carbonyl (C=O) groups is 2. The number of hydrogen-bond acceptors (Lipinski definition) is 3. The maximum Gasteiger partial charge on any atom is 0.313 e. The molecule has 138 valence electrons. The number of amides is 2. The number of benzene rings is 2. The Morgan fingerprint density at radius 2 is 1.62 bits per heavy atom. The molecule has 0 aromatic heterocycles. The molecule has 0 bridgehead atoms. The molecule has 5 heteroatoms. The van der Waals surface area contributed by atoms with Crippen molar-refractivity contribution in [2.24, 2.45) is 0 Å². The van der Waals surface area contributed by atoms with E-state index >= 15 is 0 Å². The molecule has 0 spiro atoms. The van der Waals surface area contributed by atoms with Gasteiger partial charge in [0.15, 0.2) is 0 Å². The van der Waals surface area contributed by atoms with Crippen molar-refractivity contribution in [3.05, 3.63) is 59.2 Å². The number of carbonyl (C=O) groups excluding carboxylic acids is 2. The molecule has 2 rings (SSSR count). The molecule has 2 amide bonds. The Bertz CT molecular complexity index is 767. The number of nitrogens with one attached hydrogen (secondary N) is 2. The summed E-state index contributed by atoms with van der Waals surface area (Å²) in [6.07, 6.45) is 1.64. The smallest absolute Gasteiger partial charge is 0.313 e. The van der Waals surface area contributed by atoms with E-state index in [1.54, 1.807) is 6.07 Å². The lowest BCUT2D eigenvalue weighted by Crippen LogP contribution is -2.36. The highest BCUT2D eigenvalue weighted by atomic mass is 16.2. The summed E-state index contributed by atoms with van der Waals surface area (Å²) >= 11 is 0. The second-order valence-corrected chi connectivity index (χ2v) is 6.67. The molecule has 0 radical (unpaired) electrons. The van der Waals surface area contributed by atoms with E-state index in [2.05, 4.69) is 39.8 Å². The van der Waals surface area contributed by atoms with Crippen LogP contribution in [0.5, 0.6) is 0 Å². The van der Waals surface area contributed by atoms with Gasteiger partial charge in [0.25, 0.3) is 0 Å². The molecular formula is C21H27N3O2. The molecule has 2 aromatic rings. The third-order valence-corrected chi connectivity index (χ3v) is 4.35. The number of aryl methyl sites for hydroxylation is 3. The number of anilines is 2. The predicted octanol–water partition coefficient (Wildman–Crippen LogP) is 3.06. The first-order chi connectivity index (χ1) is 12.4. The first-order valence-electron chi connectivity index (χ1n) is 8.79. The molecule has 0 heterocycles. The summed E-state index contributed by atoms with van der Waals surface area (Å²) in [4.78, 5) is 25.9. The van der Waals surface area contributed by atoms with E-state index in [0.29, 0.717) is 12.2 Å². The minimum Gasteiger partial charge on any atom is -0.378 e. The fourth-order valence-corrected chi connectivity index (χ4v) is 2.54. The van der Waals surface area contributed by atoms with Crippen molar-refractivity contribution < 1.29 is 9.59 Å². The Morgan fingerprint density at radius 1 is 0.923 bits per heavy atom. The van der Waals surface area contributed by atoms with Gasteiger partial charge in [0.2, 0.25) is 0 Å². The maximum atomic E-state index is 11.9. The molecule has 0 fully saturated rings. The van der Waals surface area contributed by atoms with Gasteiger partial charge in [0, 0.05) is 32.0 Å². The highest BCUT2D eigenvalue weighted by molar-refractivity contribution is 6.39. The Morgan fingerprint density at radius 3 is 2.23 bits per heavy atom. The molecule has 0 unspecified atom stereocenters. The van der Waals surface area contributed by atoms with Crippen LogP contribution in [0, 0.1) is 13.8 Å². The second-order valence-electron chi connectivity index (χ2n) is 6.67.